The van der Waals surface area contributed by atoms with Crippen LogP contribution in [0.1, 0.15) is 80.1 Å². The number of ether oxygens (including phenoxy) is 5. The van der Waals surface area contributed by atoms with Gasteiger partial charge in [0, 0.05) is 47.0 Å². The number of aliphatic hydroxyl groups is 1. The summed E-state index contributed by atoms with van der Waals surface area (Å²) < 4.78 is 27.3. The zero-order valence-electron chi connectivity index (χ0n) is 24.7. The molecule has 5 atom stereocenters. The summed E-state index contributed by atoms with van der Waals surface area (Å²) in [7, 11) is 0. The molecule has 1 saturated heterocycles. The summed E-state index contributed by atoms with van der Waals surface area (Å²) in [6.07, 6.45) is -6.39. The van der Waals surface area contributed by atoms with Gasteiger partial charge in [0.15, 0.2) is 30.3 Å². The predicted molar refractivity (Wildman–Crippen MR) is 143 cm³/mol. The minimum atomic E-state index is -1.49. The summed E-state index contributed by atoms with van der Waals surface area (Å²) in [5.74, 6) is -4.72. The summed E-state index contributed by atoms with van der Waals surface area (Å²) in [6, 6.07) is 0. The lowest BCUT2D eigenvalue weighted by molar-refractivity contribution is -0.250. The van der Waals surface area contributed by atoms with Gasteiger partial charge < -0.3 is 33.9 Å². The molecule has 234 valence electrons. The quantitative estimate of drug-likeness (QED) is 0.144. The van der Waals surface area contributed by atoms with Crippen molar-refractivity contribution in [1.82, 2.24) is 0 Å². The van der Waals surface area contributed by atoms with E-state index in [-0.39, 0.29) is 55.6 Å². The Morgan fingerprint density at radius 1 is 0.857 bits per heavy atom. The number of carboxylic acids is 1. The van der Waals surface area contributed by atoms with E-state index >= 15 is 0 Å². The molecule has 0 amide bonds. The van der Waals surface area contributed by atoms with Crippen molar-refractivity contribution in [2.45, 2.75) is 111 Å². The van der Waals surface area contributed by atoms with E-state index in [2.05, 4.69) is 4.99 Å². The number of aliphatic carboxylic acids is 1. The number of rotatable bonds is 12. The Hall–Kier alpha value is -3.81. The van der Waals surface area contributed by atoms with E-state index in [9.17, 15) is 33.9 Å². The zero-order chi connectivity index (χ0) is 31.8. The minimum absolute atomic E-state index is 0.0473. The van der Waals surface area contributed by atoms with Crippen molar-refractivity contribution in [2.75, 3.05) is 6.61 Å². The molecule has 1 fully saturated rings. The first-order valence-electron chi connectivity index (χ1n) is 13.6. The van der Waals surface area contributed by atoms with Crippen LogP contribution in [-0.4, -0.2) is 88.8 Å². The van der Waals surface area contributed by atoms with Crippen LogP contribution in [0.15, 0.2) is 16.3 Å². The van der Waals surface area contributed by atoms with Crippen LogP contribution in [0.25, 0.3) is 0 Å². The fourth-order valence-corrected chi connectivity index (χ4v) is 4.90. The number of allylic oxidation sites excluding steroid dienone is 2. The largest absolute Gasteiger partial charge is 0.511 e. The molecular weight excluding hydrogens is 558 g/mol. The van der Waals surface area contributed by atoms with Gasteiger partial charge in [-0.25, -0.2) is 0 Å². The Morgan fingerprint density at radius 3 is 1.93 bits per heavy atom. The van der Waals surface area contributed by atoms with Crippen molar-refractivity contribution >= 4 is 41.3 Å². The number of aliphatic hydroxyl groups excluding tert-OH is 1. The highest BCUT2D eigenvalue weighted by atomic mass is 16.7. The van der Waals surface area contributed by atoms with E-state index in [0.717, 1.165) is 27.7 Å². The van der Waals surface area contributed by atoms with Crippen LogP contribution in [0.5, 0.6) is 0 Å². The number of Topliss-reactive ketones (excluding diaryl/α,β-unsaturated/α-hetero) is 1. The monoisotopic (exact) mass is 597 g/mol. The molecule has 1 heterocycles. The third kappa shape index (κ3) is 10.2. The molecule has 0 saturated carbocycles. The second-order valence-corrected chi connectivity index (χ2v) is 11.0. The number of hydrogen-bond acceptors (Lipinski definition) is 13. The average Bonchev–Trinajstić information content (AvgIpc) is 2.81. The second kappa shape index (κ2) is 14.9. The van der Waals surface area contributed by atoms with Crippen molar-refractivity contribution in [3.05, 3.63) is 11.3 Å². The molecule has 0 bridgehead atoms. The number of nitrogens with zero attached hydrogens (tertiary/aromatic N) is 1. The number of esters is 4. The van der Waals surface area contributed by atoms with Crippen molar-refractivity contribution in [1.29, 1.82) is 0 Å². The van der Waals surface area contributed by atoms with Crippen LogP contribution in [0, 0.1) is 5.41 Å². The molecule has 42 heavy (non-hydrogen) atoms. The Kier molecular flexibility index (Phi) is 12.2. The van der Waals surface area contributed by atoms with Crippen LogP contribution in [-0.2, 0) is 52.5 Å². The molecule has 2 N–H and O–H groups in total. The zero-order valence-corrected chi connectivity index (χ0v) is 24.7. The van der Waals surface area contributed by atoms with E-state index in [1.165, 1.54) is 0 Å². The van der Waals surface area contributed by atoms with Crippen LogP contribution in [0.4, 0.5) is 0 Å². The molecule has 0 unspecified atom stereocenters. The van der Waals surface area contributed by atoms with Gasteiger partial charge in [0.25, 0.3) is 0 Å². The molecule has 0 radical (unpaired) electrons. The fourth-order valence-electron chi connectivity index (χ4n) is 4.90. The SMILES string of the molecule is CC(=O)OC[C@H]1O[C@@H](N=C(CCCCC(=O)O)C2=C(O)CC(C)(C)CC2=O)[C@H](OC(C)=O)[C@@H](OC(C)=O)[C@@H]1OC(C)=O. The molecule has 0 aromatic rings. The number of hydrogen-bond donors (Lipinski definition) is 2. The molecule has 2 aliphatic rings. The molecular formula is C28H39NO13. The maximum atomic E-state index is 13.2. The number of carboxylic acid groups (broad SMARTS) is 1. The summed E-state index contributed by atoms with van der Waals surface area (Å²) in [5.41, 5.74) is -0.509. The van der Waals surface area contributed by atoms with Crippen LogP contribution >= 0.6 is 0 Å². The van der Waals surface area contributed by atoms with Gasteiger partial charge >= 0.3 is 29.8 Å². The maximum absolute atomic E-state index is 13.2. The van der Waals surface area contributed by atoms with Crippen LogP contribution < -0.4 is 0 Å². The Morgan fingerprint density at radius 2 is 1.40 bits per heavy atom. The van der Waals surface area contributed by atoms with Gasteiger partial charge in [-0.2, -0.15) is 0 Å². The number of unbranched alkanes of at least 4 members (excludes halogenated alkanes) is 1. The topological polar surface area (TPSA) is 201 Å². The highest BCUT2D eigenvalue weighted by Crippen LogP contribution is 2.37. The lowest BCUT2D eigenvalue weighted by Gasteiger charge is -2.43. The smallest absolute Gasteiger partial charge is 0.303 e. The van der Waals surface area contributed by atoms with Gasteiger partial charge in [-0.1, -0.05) is 13.8 Å². The minimum Gasteiger partial charge on any atom is -0.511 e. The van der Waals surface area contributed by atoms with Gasteiger partial charge in [0.1, 0.15) is 18.5 Å². The van der Waals surface area contributed by atoms with E-state index < -0.39 is 78.3 Å². The number of aliphatic imine (C=N–C) groups is 1. The first-order valence-corrected chi connectivity index (χ1v) is 13.6. The number of ketones is 1. The first kappa shape index (κ1) is 34.4. The third-order valence-electron chi connectivity index (χ3n) is 6.44. The first-order chi connectivity index (χ1) is 19.5. The van der Waals surface area contributed by atoms with Crippen LogP contribution in [0.3, 0.4) is 0 Å². The van der Waals surface area contributed by atoms with E-state index in [0.29, 0.717) is 0 Å². The Balaban J connectivity index is 2.68. The molecule has 1 aliphatic heterocycles. The molecule has 14 heteroatoms. The highest BCUT2D eigenvalue weighted by Gasteiger charge is 2.52. The molecule has 0 spiro atoms. The summed E-state index contributed by atoms with van der Waals surface area (Å²) >= 11 is 0. The van der Waals surface area contributed by atoms with Crippen molar-refractivity contribution in [3.63, 3.8) is 0 Å². The molecule has 0 aromatic carbocycles. The lowest BCUT2D eigenvalue weighted by Crippen LogP contribution is -2.62. The van der Waals surface area contributed by atoms with E-state index in [4.69, 9.17) is 28.8 Å². The van der Waals surface area contributed by atoms with Gasteiger partial charge in [-0.05, 0) is 24.7 Å². The normalized spacial score (nSPS) is 25.8. The van der Waals surface area contributed by atoms with Crippen LogP contribution in [0.2, 0.25) is 0 Å². The average molecular weight is 598 g/mol. The third-order valence-corrected chi connectivity index (χ3v) is 6.44. The lowest BCUT2D eigenvalue weighted by atomic mass is 9.75. The van der Waals surface area contributed by atoms with E-state index in [1.807, 2.05) is 13.8 Å². The standard InChI is InChI=1S/C28H39NO13/c1-14(30)38-13-21-24(39-15(2)31)25(40-16(3)32)26(41-17(4)33)27(42-21)29-18(9-7-8-10-22(36)37)23-19(34)11-28(5,6)12-20(23)35/h21,24-27,34H,7-13H2,1-6H3,(H,36,37)/t21-,24-,25+,26-,27-/m1/s1. The van der Waals surface area contributed by atoms with Gasteiger partial charge in [-0.3, -0.25) is 33.8 Å². The van der Waals surface area contributed by atoms with E-state index in [1.54, 1.807) is 0 Å². The maximum Gasteiger partial charge on any atom is 0.303 e. The molecule has 14 nitrogen and oxygen atoms in total. The van der Waals surface area contributed by atoms with Gasteiger partial charge in [0.05, 0.1) is 11.3 Å². The van der Waals surface area contributed by atoms with Crippen molar-refractivity contribution in [2.24, 2.45) is 10.4 Å². The molecule has 2 rings (SSSR count). The summed E-state index contributed by atoms with van der Waals surface area (Å²) in [4.78, 5) is 76.6. The van der Waals surface area contributed by atoms with Crippen molar-refractivity contribution in [3.8, 4) is 0 Å². The predicted octanol–water partition coefficient (Wildman–Crippen LogP) is 2.36. The summed E-state index contributed by atoms with van der Waals surface area (Å²) in [6.45, 7) is 7.60. The molecule has 1 aliphatic carbocycles. The fraction of sp³-hybridized carbons (Fsp3) is 0.679. The number of carbonyl (C=O) groups is 6. The highest BCUT2D eigenvalue weighted by molar-refractivity contribution is 6.23. The molecule has 0 aromatic heterocycles. The number of carbonyl (C=O) groups excluding carboxylic acids is 5. The summed E-state index contributed by atoms with van der Waals surface area (Å²) in [5, 5.41) is 20.0. The Bertz CT molecular complexity index is 1140. The van der Waals surface area contributed by atoms with Gasteiger partial charge in [-0.15, -0.1) is 0 Å². The second-order valence-electron chi connectivity index (χ2n) is 11.0. The van der Waals surface area contributed by atoms with Gasteiger partial charge in [0.2, 0.25) is 0 Å². The van der Waals surface area contributed by atoms with Crippen molar-refractivity contribution < 1.29 is 62.7 Å². The Labute approximate surface area is 243 Å².